The molecule has 2 fully saturated rings. The van der Waals surface area contributed by atoms with Crippen LogP contribution in [0, 0.1) is 11.3 Å². The molecule has 2 aliphatic heterocycles. The van der Waals surface area contributed by atoms with Crippen LogP contribution in [0.25, 0.3) is 0 Å². The van der Waals surface area contributed by atoms with Crippen molar-refractivity contribution < 1.29 is 68.9 Å². The predicted octanol–water partition coefficient (Wildman–Crippen LogP) is -1.54. The number of hydrogen-bond donors (Lipinski definition) is 0. The molecule has 0 aliphatic carbocycles. The van der Waals surface area contributed by atoms with Crippen LogP contribution in [0.5, 0.6) is 0 Å². The molecule has 3 heterocycles. The highest BCUT2D eigenvalue weighted by molar-refractivity contribution is 7.48. The van der Waals surface area contributed by atoms with E-state index in [-0.39, 0.29) is 43.8 Å². The zero-order valence-corrected chi connectivity index (χ0v) is 25.1. The second-order valence-corrected chi connectivity index (χ2v) is 11.0. The fraction of sp³-hybridized carbons (Fsp3) is 0.739. The first-order valence-corrected chi connectivity index (χ1v) is 14.8. The van der Waals surface area contributed by atoms with Gasteiger partial charge in [0, 0.05) is 18.4 Å². The highest BCUT2D eigenvalue weighted by Gasteiger charge is 2.42. The lowest BCUT2D eigenvalue weighted by atomic mass is 9.96. The van der Waals surface area contributed by atoms with Crippen molar-refractivity contribution in [1.82, 2.24) is 4.57 Å². The number of imidazole rings is 1. The number of phosphoric acid groups is 1. The van der Waals surface area contributed by atoms with Crippen LogP contribution in [-0.2, 0) is 60.3 Å². The average Bonchev–Trinajstić information content (AvgIpc) is 3.59. The third-order valence-electron chi connectivity index (χ3n) is 5.99. The molecule has 2 aliphatic rings. The van der Waals surface area contributed by atoms with Crippen molar-refractivity contribution in [3.05, 3.63) is 18.7 Å². The Kier molecular flexibility index (Phi) is 17.9. The van der Waals surface area contributed by atoms with E-state index in [2.05, 4.69) is 0 Å². The molecule has 13 nitrogen and oxygen atoms in total. The van der Waals surface area contributed by atoms with Crippen molar-refractivity contribution >= 4 is 43.0 Å². The van der Waals surface area contributed by atoms with Crippen LogP contribution in [0.1, 0.15) is 39.0 Å². The van der Waals surface area contributed by atoms with E-state index in [4.69, 9.17) is 53.5 Å². The monoisotopic (exact) mass is 651 g/mol. The molecule has 1 aromatic heterocycles. The van der Waals surface area contributed by atoms with E-state index in [1.807, 2.05) is 47.9 Å². The zero-order valence-electron chi connectivity index (χ0n) is 24.2. The van der Waals surface area contributed by atoms with Crippen molar-refractivity contribution in [2.24, 2.45) is 7.05 Å². The topological polar surface area (TPSA) is 148 Å². The molecule has 0 spiro atoms. The standard InChI is InChI=1S/C23H33B2N3O10P.BF3.FH/c1-3-16-18(12-21(25)35-16)38-39(31,33-9-4-5-26)34-14-19-17(11-20(24)36-19)37-23(30)13-22(29)32-10-8-28-7-6-27(2)15-28;2-1(3)4;/h6-7,15-21H,3-4,8-14H2,1-2H3;;1H/q+1;;/p-1/t16-,17-,18-,19-,20-,21-,39?;;/m1../s1. The normalized spacial score (nSPS) is 25.5. The van der Waals surface area contributed by atoms with Gasteiger partial charge in [0.2, 0.25) is 6.33 Å². The second-order valence-electron chi connectivity index (χ2n) is 9.42. The third-order valence-corrected chi connectivity index (χ3v) is 7.49. The molecule has 44 heavy (non-hydrogen) atoms. The van der Waals surface area contributed by atoms with Crippen LogP contribution in [0.15, 0.2) is 18.7 Å². The Hall–Kier alpha value is -2.42. The minimum absolute atomic E-state index is 0. The Morgan fingerprint density at radius 3 is 2.34 bits per heavy atom. The van der Waals surface area contributed by atoms with Crippen LogP contribution >= 0.6 is 7.82 Å². The van der Waals surface area contributed by atoms with E-state index in [1.165, 1.54) is 0 Å². The number of aromatic nitrogens is 2. The average molecular weight is 651 g/mol. The summed E-state index contributed by atoms with van der Waals surface area (Å²) < 4.78 is 84.2. The molecular formula is C23H33B3F4N3O10P. The summed E-state index contributed by atoms with van der Waals surface area (Å²) in [5.74, 6) is -1.56. The Labute approximate surface area is 255 Å². The Morgan fingerprint density at radius 1 is 1.11 bits per heavy atom. The number of nitrogens with zero attached hydrogens (tertiary/aromatic N) is 3. The minimum atomic E-state index is -4.19. The van der Waals surface area contributed by atoms with Crippen molar-refractivity contribution in [3.8, 4) is 6.07 Å². The molecule has 2 saturated heterocycles. The summed E-state index contributed by atoms with van der Waals surface area (Å²) in [6.45, 7) is 1.84. The van der Waals surface area contributed by atoms with Gasteiger partial charge in [-0.3, -0.25) is 36.1 Å². The molecule has 4 radical (unpaired) electrons. The number of halogens is 4. The number of esters is 2. The molecule has 0 aromatic carbocycles. The van der Waals surface area contributed by atoms with Gasteiger partial charge in [0.25, 0.3) is 0 Å². The van der Waals surface area contributed by atoms with E-state index in [0.29, 0.717) is 13.0 Å². The number of ether oxygens (including phenoxy) is 4. The number of hydrogen-bond acceptors (Lipinski definition) is 11. The summed E-state index contributed by atoms with van der Waals surface area (Å²) in [5, 5.41) is 8.82. The zero-order chi connectivity index (χ0) is 32.0. The lowest BCUT2D eigenvalue weighted by Crippen LogP contribution is -3.00. The first kappa shape index (κ1) is 39.6. The Morgan fingerprint density at radius 2 is 1.75 bits per heavy atom. The summed E-state index contributed by atoms with van der Waals surface area (Å²) in [6, 6.07) is 0.522. The van der Waals surface area contributed by atoms with Gasteiger partial charge in [-0.25, -0.2) is 13.7 Å². The highest BCUT2D eigenvalue weighted by Crippen LogP contribution is 2.53. The number of aryl methyl sites for hydroxylation is 1. The molecular weight excluding hydrogens is 618 g/mol. The molecule has 0 saturated carbocycles. The van der Waals surface area contributed by atoms with E-state index in [0.717, 1.165) is 0 Å². The SMILES string of the molecule is FB(F)F.[B][C@H]1C[C@@H](OC(=O)CC(=O)OCCn2cc[n+](C)c2)[C@@H](COP(=O)(OCCC#N)O[C@@H]2C[C@H]([B])O[C@@H]2CC)O1.[F-]. The summed E-state index contributed by atoms with van der Waals surface area (Å²) in [4.78, 5) is 24.4. The largest absolute Gasteiger partial charge is 1.00 e. The first-order valence-electron chi connectivity index (χ1n) is 13.4. The van der Waals surface area contributed by atoms with Crippen LogP contribution < -0.4 is 9.27 Å². The number of rotatable bonds is 15. The van der Waals surface area contributed by atoms with Gasteiger partial charge in [0.1, 0.15) is 59.9 Å². The van der Waals surface area contributed by atoms with Gasteiger partial charge in [-0.15, -0.1) is 0 Å². The van der Waals surface area contributed by atoms with Crippen LogP contribution in [0.3, 0.4) is 0 Å². The molecule has 3 rings (SSSR count). The Bertz CT molecular complexity index is 1120. The first-order chi connectivity index (χ1) is 20.3. The maximum absolute atomic E-state index is 13.4. The summed E-state index contributed by atoms with van der Waals surface area (Å²) in [6.07, 6.45) is 2.97. The number of carbonyl (C=O) groups is 2. The summed E-state index contributed by atoms with van der Waals surface area (Å²) in [5.41, 5.74) is 0. The molecule has 0 bridgehead atoms. The number of carbonyl (C=O) groups excluding carboxylic acids is 2. The van der Waals surface area contributed by atoms with Crippen LogP contribution in [-0.4, -0.2) is 96.0 Å². The Balaban J connectivity index is 0.00000182. The summed E-state index contributed by atoms with van der Waals surface area (Å²) in [7, 11) is 5.72. The van der Waals surface area contributed by atoms with E-state index >= 15 is 0 Å². The maximum atomic E-state index is 13.4. The quantitative estimate of drug-likeness (QED) is 0.0414. The molecule has 242 valence electrons. The molecule has 7 atom stereocenters. The summed E-state index contributed by atoms with van der Waals surface area (Å²) >= 11 is 0. The highest BCUT2D eigenvalue weighted by atomic mass is 31.2. The lowest BCUT2D eigenvalue weighted by molar-refractivity contribution is -0.671. The van der Waals surface area contributed by atoms with E-state index in [9.17, 15) is 27.1 Å². The van der Waals surface area contributed by atoms with Gasteiger partial charge in [-0.05, 0) is 12.8 Å². The van der Waals surface area contributed by atoms with Crippen molar-refractivity contribution in [1.29, 1.82) is 5.26 Å². The number of nitriles is 1. The van der Waals surface area contributed by atoms with Gasteiger partial charge in [-0.1, -0.05) is 6.92 Å². The van der Waals surface area contributed by atoms with Gasteiger partial charge in [-0.2, -0.15) is 5.26 Å². The molecule has 1 aromatic rings. The van der Waals surface area contributed by atoms with Gasteiger partial charge < -0.3 is 23.7 Å². The third kappa shape index (κ3) is 14.6. The maximum Gasteiger partial charge on any atom is 0.762 e. The molecule has 1 unspecified atom stereocenters. The number of phosphoric ester groups is 1. The fourth-order valence-electron chi connectivity index (χ4n) is 4.15. The molecule has 0 N–H and O–H groups in total. The van der Waals surface area contributed by atoms with Crippen LogP contribution in [0.4, 0.5) is 12.9 Å². The van der Waals surface area contributed by atoms with Crippen molar-refractivity contribution in [2.45, 2.75) is 82.0 Å². The smallest absolute Gasteiger partial charge is 0.762 e. The lowest BCUT2D eigenvalue weighted by Gasteiger charge is -2.26. The molecule has 21 heteroatoms. The van der Waals surface area contributed by atoms with Gasteiger partial charge >= 0.3 is 27.3 Å². The van der Waals surface area contributed by atoms with Gasteiger partial charge in [0.05, 0.1) is 45.0 Å². The van der Waals surface area contributed by atoms with Gasteiger partial charge in [0.15, 0.2) is 0 Å². The molecule has 0 amide bonds. The minimum Gasteiger partial charge on any atom is -1.00 e. The van der Waals surface area contributed by atoms with E-state index < -0.39 is 70.1 Å². The van der Waals surface area contributed by atoms with Crippen LogP contribution in [0.2, 0.25) is 0 Å². The van der Waals surface area contributed by atoms with Crippen molar-refractivity contribution in [2.75, 3.05) is 19.8 Å². The van der Waals surface area contributed by atoms with Crippen molar-refractivity contribution in [3.63, 3.8) is 0 Å². The second kappa shape index (κ2) is 19.9. The predicted molar refractivity (Wildman–Crippen MR) is 143 cm³/mol. The van der Waals surface area contributed by atoms with E-state index in [1.54, 1.807) is 0 Å². The fourth-order valence-corrected chi connectivity index (χ4v) is 5.54.